The van der Waals surface area contributed by atoms with E-state index < -0.39 is 0 Å². The lowest BCUT2D eigenvalue weighted by molar-refractivity contribution is 0.318. The van der Waals surface area contributed by atoms with Gasteiger partial charge in [-0.15, -0.1) is 22.7 Å². The van der Waals surface area contributed by atoms with Gasteiger partial charge in [0.15, 0.2) is 0 Å². The van der Waals surface area contributed by atoms with Gasteiger partial charge in [-0.05, 0) is 36.8 Å². The molecule has 1 N–H and O–H groups in total. The molecule has 3 rings (SSSR count). The molecule has 0 aliphatic heterocycles. The number of hydrogen-bond acceptors (Lipinski definition) is 5. The standard InChI is InChI=1S/C17H15NOS3/c1-2-14(18-19)15-8-9-16(22-15)17-10-13(11-20-17)21-12-6-4-3-5-7-12/h3-11,19H,2H2,1H3/b18-14+. The second-order valence-electron chi connectivity index (χ2n) is 4.63. The summed E-state index contributed by atoms with van der Waals surface area (Å²) in [5.74, 6) is 0. The molecule has 5 heteroatoms. The van der Waals surface area contributed by atoms with Gasteiger partial charge in [0.1, 0.15) is 0 Å². The van der Waals surface area contributed by atoms with Gasteiger partial charge in [0.2, 0.25) is 0 Å². The average Bonchev–Trinajstić information content (AvgIpc) is 3.19. The maximum absolute atomic E-state index is 9.02. The predicted molar refractivity (Wildman–Crippen MR) is 96.8 cm³/mol. The van der Waals surface area contributed by atoms with Crippen molar-refractivity contribution in [1.82, 2.24) is 0 Å². The van der Waals surface area contributed by atoms with E-state index in [1.165, 1.54) is 19.5 Å². The van der Waals surface area contributed by atoms with Gasteiger partial charge in [0.05, 0.1) is 10.6 Å². The Hall–Kier alpha value is -1.56. The first kappa shape index (κ1) is 15.3. The van der Waals surface area contributed by atoms with Crippen LogP contribution in [0.15, 0.2) is 68.9 Å². The number of thiophene rings is 2. The zero-order valence-electron chi connectivity index (χ0n) is 12.0. The summed E-state index contributed by atoms with van der Waals surface area (Å²) in [5, 5.41) is 14.6. The van der Waals surface area contributed by atoms with Gasteiger partial charge in [-0.2, -0.15) is 0 Å². The number of hydrogen-bond donors (Lipinski definition) is 1. The van der Waals surface area contributed by atoms with Crippen LogP contribution in [0.3, 0.4) is 0 Å². The maximum Gasteiger partial charge on any atom is 0.0964 e. The SMILES string of the molecule is CC/C(=N\O)c1ccc(-c2cc(Sc3ccccc3)cs2)s1. The first-order chi connectivity index (χ1) is 10.8. The van der Waals surface area contributed by atoms with Crippen LogP contribution in [-0.2, 0) is 0 Å². The van der Waals surface area contributed by atoms with Gasteiger partial charge in [0.25, 0.3) is 0 Å². The molecule has 0 amide bonds. The van der Waals surface area contributed by atoms with Crippen molar-refractivity contribution in [1.29, 1.82) is 0 Å². The van der Waals surface area contributed by atoms with Crippen LogP contribution in [0.25, 0.3) is 9.75 Å². The van der Waals surface area contributed by atoms with E-state index >= 15 is 0 Å². The molecule has 0 radical (unpaired) electrons. The number of oxime groups is 1. The van der Waals surface area contributed by atoms with Crippen LogP contribution in [0.4, 0.5) is 0 Å². The largest absolute Gasteiger partial charge is 0.411 e. The fourth-order valence-electron chi connectivity index (χ4n) is 2.05. The summed E-state index contributed by atoms with van der Waals surface area (Å²) in [6.07, 6.45) is 0.732. The van der Waals surface area contributed by atoms with Crippen molar-refractivity contribution in [2.75, 3.05) is 0 Å². The van der Waals surface area contributed by atoms with Gasteiger partial charge in [0, 0.05) is 24.9 Å². The van der Waals surface area contributed by atoms with E-state index in [2.05, 4.69) is 46.9 Å². The third-order valence-corrected chi connectivity index (χ3v) is 6.53. The molecule has 2 nitrogen and oxygen atoms in total. The third kappa shape index (κ3) is 3.43. The summed E-state index contributed by atoms with van der Waals surface area (Å²) in [7, 11) is 0. The van der Waals surface area contributed by atoms with Crippen molar-refractivity contribution >= 4 is 40.1 Å². The van der Waals surface area contributed by atoms with Gasteiger partial charge in [-0.1, -0.05) is 42.0 Å². The summed E-state index contributed by atoms with van der Waals surface area (Å²) in [6.45, 7) is 1.99. The summed E-state index contributed by atoms with van der Waals surface area (Å²) < 4.78 is 0. The van der Waals surface area contributed by atoms with E-state index in [9.17, 15) is 0 Å². The van der Waals surface area contributed by atoms with Crippen molar-refractivity contribution in [3.8, 4) is 9.75 Å². The van der Waals surface area contributed by atoms with Crippen LogP contribution in [0.1, 0.15) is 18.2 Å². The normalized spacial score (nSPS) is 11.8. The quantitative estimate of drug-likeness (QED) is 0.338. The van der Waals surface area contributed by atoms with Crippen LogP contribution in [0.5, 0.6) is 0 Å². The Morgan fingerprint density at radius 2 is 1.91 bits per heavy atom. The molecule has 0 fully saturated rings. The highest BCUT2D eigenvalue weighted by molar-refractivity contribution is 7.99. The summed E-state index contributed by atoms with van der Waals surface area (Å²) >= 11 is 5.20. The van der Waals surface area contributed by atoms with Crippen molar-refractivity contribution in [2.24, 2.45) is 5.16 Å². The smallest absolute Gasteiger partial charge is 0.0964 e. The molecule has 2 heterocycles. The Balaban J connectivity index is 1.79. The molecular weight excluding hydrogens is 330 g/mol. The Morgan fingerprint density at radius 3 is 2.64 bits per heavy atom. The zero-order chi connectivity index (χ0) is 15.4. The summed E-state index contributed by atoms with van der Waals surface area (Å²) in [4.78, 5) is 6.01. The fraction of sp³-hybridized carbons (Fsp3) is 0.118. The average molecular weight is 346 g/mol. The van der Waals surface area contributed by atoms with Crippen molar-refractivity contribution in [3.63, 3.8) is 0 Å². The Morgan fingerprint density at radius 1 is 1.09 bits per heavy atom. The van der Waals surface area contributed by atoms with Crippen LogP contribution >= 0.6 is 34.4 Å². The molecule has 3 aromatic rings. The lowest BCUT2D eigenvalue weighted by atomic mass is 10.2. The molecule has 0 saturated heterocycles. The molecule has 0 aliphatic carbocycles. The van der Waals surface area contributed by atoms with Crippen LogP contribution in [0.2, 0.25) is 0 Å². The van der Waals surface area contributed by atoms with Crippen molar-refractivity contribution in [2.45, 2.75) is 23.1 Å². The third-order valence-electron chi connectivity index (χ3n) is 3.14. The first-order valence-corrected chi connectivity index (χ1v) is 9.44. The monoisotopic (exact) mass is 345 g/mol. The lowest BCUT2D eigenvalue weighted by Gasteiger charge is -1.97. The first-order valence-electron chi connectivity index (χ1n) is 6.93. The number of nitrogens with zero attached hydrogens (tertiary/aromatic N) is 1. The molecule has 22 heavy (non-hydrogen) atoms. The molecular formula is C17H15NOS3. The molecule has 0 saturated carbocycles. The van der Waals surface area contributed by atoms with Gasteiger partial charge < -0.3 is 5.21 Å². The number of benzene rings is 1. The zero-order valence-corrected chi connectivity index (χ0v) is 14.5. The van der Waals surface area contributed by atoms with Crippen molar-refractivity contribution in [3.05, 3.63) is 58.8 Å². The van der Waals surface area contributed by atoms with E-state index in [0.29, 0.717) is 0 Å². The summed E-state index contributed by atoms with van der Waals surface area (Å²) in [6, 6.07) is 16.7. The van der Waals surface area contributed by atoms with Gasteiger partial charge in [-0.3, -0.25) is 0 Å². The van der Waals surface area contributed by atoms with E-state index in [4.69, 9.17) is 5.21 Å². The molecule has 0 unspecified atom stereocenters. The van der Waals surface area contributed by atoms with Crippen molar-refractivity contribution < 1.29 is 5.21 Å². The van der Waals surface area contributed by atoms with E-state index in [1.54, 1.807) is 34.4 Å². The van der Waals surface area contributed by atoms with Crippen LogP contribution in [0, 0.1) is 0 Å². The minimum atomic E-state index is 0.732. The highest BCUT2D eigenvalue weighted by Gasteiger charge is 2.10. The van der Waals surface area contributed by atoms with Gasteiger partial charge in [-0.25, -0.2) is 0 Å². The molecule has 2 aromatic heterocycles. The predicted octanol–water partition coefficient (Wildman–Crippen LogP) is 6.22. The highest BCUT2D eigenvalue weighted by Crippen LogP contribution is 2.38. The second kappa shape index (κ2) is 7.13. The second-order valence-corrected chi connectivity index (χ2v) is 7.77. The molecule has 0 atom stereocenters. The molecule has 112 valence electrons. The summed E-state index contributed by atoms with van der Waals surface area (Å²) in [5.41, 5.74) is 0.742. The molecule has 1 aromatic carbocycles. The minimum Gasteiger partial charge on any atom is -0.411 e. The van der Waals surface area contributed by atoms with E-state index in [1.807, 2.05) is 19.1 Å². The molecule has 0 bridgehead atoms. The maximum atomic E-state index is 9.02. The van der Waals surface area contributed by atoms with Crippen LogP contribution < -0.4 is 0 Å². The lowest BCUT2D eigenvalue weighted by Crippen LogP contribution is -1.94. The topological polar surface area (TPSA) is 32.6 Å². The van der Waals surface area contributed by atoms with E-state index in [-0.39, 0.29) is 0 Å². The minimum absolute atomic E-state index is 0.732. The van der Waals surface area contributed by atoms with Crippen LogP contribution in [-0.4, -0.2) is 10.9 Å². The molecule has 0 spiro atoms. The molecule has 0 aliphatic rings. The number of rotatable bonds is 5. The highest BCUT2D eigenvalue weighted by atomic mass is 32.2. The van der Waals surface area contributed by atoms with E-state index in [0.717, 1.165) is 17.0 Å². The van der Waals surface area contributed by atoms with Gasteiger partial charge >= 0.3 is 0 Å². The Bertz CT molecular complexity index is 774. The Labute approximate surface area is 142 Å². The Kier molecular flexibility index (Phi) is 4.97. The fourth-order valence-corrected chi connectivity index (χ4v) is 5.13.